The Morgan fingerprint density at radius 3 is 0.603 bits per heavy atom. The first-order valence-corrected chi connectivity index (χ1v) is 21.7. The van der Waals surface area contributed by atoms with Gasteiger partial charge in [0.1, 0.15) is 173 Å². The topological polar surface area (TPSA) is 0 Å². The molecule has 0 saturated carbocycles. The molecule has 0 saturated heterocycles. The van der Waals surface area contributed by atoms with Crippen LogP contribution in [0, 0.1) is 0 Å². The minimum absolute atomic E-state index is 1.34. The lowest BCUT2D eigenvalue weighted by Crippen LogP contribution is -2.56. The molecule has 0 fully saturated rings. The van der Waals surface area contributed by atoms with Crippen molar-refractivity contribution >= 4 is 325 Å². The van der Waals surface area contributed by atoms with Gasteiger partial charge in [-0.15, -0.1) is 54.6 Å². The molecule has 58 heavy (non-hydrogen) atoms. The monoisotopic (exact) mass is 721 g/mol. The van der Waals surface area contributed by atoms with Crippen molar-refractivity contribution in [2.45, 2.75) is 0 Å². The molecule has 0 heterocycles. The maximum absolute atomic E-state index is 2.44. The highest BCUT2D eigenvalue weighted by Crippen LogP contribution is 2.41. The fourth-order valence-electron chi connectivity index (χ4n) is 11.2. The zero-order chi connectivity index (χ0) is 43.0. The number of benzene rings is 7. The van der Waals surface area contributed by atoms with E-state index in [1.165, 1.54) is 186 Å². The fraction of sp³-hybridized carbons (Fsp3) is 0. The Labute approximate surface area is 368 Å². The second-order valence-corrected chi connectivity index (χ2v) is 18.7. The summed E-state index contributed by atoms with van der Waals surface area (Å²) in [6.07, 6.45) is 0. The molecule has 0 nitrogen and oxygen atoms in total. The average molecular weight is 717 g/mol. The van der Waals surface area contributed by atoms with E-state index >= 15 is 0 Å². The Hall–Kier alpha value is -3.25. The van der Waals surface area contributed by atoms with E-state index in [2.05, 4.69) is 185 Å². The lowest BCUT2D eigenvalue weighted by molar-refractivity contribution is 1.82. The Bertz CT molecular complexity index is 2940. The molecule has 7 rings (SSSR count). The van der Waals surface area contributed by atoms with Gasteiger partial charge in [0.15, 0.2) is 0 Å². The molecule has 0 aromatic heterocycles. The van der Waals surface area contributed by atoms with Crippen LogP contribution in [0.1, 0.15) is 0 Å². The third kappa shape index (κ3) is 5.68. The van der Waals surface area contributed by atoms with Gasteiger partial charge in [0, 0.05) is 0 Å². The molecule has 0 amide bonds. The zero-order valence-electron chi connectivity index (χ0n) is 40.2. The number of rotatable bonds is 3. The summed E-state index contributed by atoms with van der Waals surface area (Å²) in [5, 5.41) is 8.52. The quantitative estimate of drug-likeness (QED) is 0.126. The highest BCUT2D eigenvalue weighted by molar-refractivity contribution is 6.75. The van der Waals surface area contributed by atoms with E-state index in [0.717, 1.165) is 0 Å². The van der Waals surface area contributed by atoms with E-state index in [9.17, 15) is 0 Å². The predicted molar refractivity (Wildman–Crippen MR) is 335 cm³/mol. The van der Waals surface area contributed by atoms with Gasteiger partial charge >= 0.3 is 0 Å². The van der Waals surface area contributed by atoms with E-state index in [1.807, 2.05) is 0 Å². The predicted octanol–water partition coefficient (Wildman–Crippen LogP) is -28.2. The third-order valence-electron chi connectivity index (χ3n) is 16.6. The van der Waals surface area contributed by atoms with Crippen LogP contribution in [0.15, 0.2) is 12.1 Å². The summed E-state index contributed by atoms with van der Waals surface area (Å²) in [5.74, 6) is 0. The smallest absolute Gasteiger partial charge is 0.102 e. The van der Waals surface area contributed by atoms with Gasteiger partial charge in [-0.25, -0.2) is 0 Å². The highest BCUT2D eigenvalue weighted by atomic mass is 14.3. The summed E-state index contributed by atoms with van der Waals surface area (Å²) in [6.45, 7) is 0. The molecule has 0 aliphatic carbocycles. The molecule has 22 heteroatoms. The first kappa shape index (κ1) is 42.9. The van der Waals surface area contributed by atoms with Crippen molar-refractivity contribution in [3.63, 3.8) is 0 Å². The molecule has 0 spiro atoms. The summed E-state index contributed by atoms with van der Waals surface area (Å²) in [4.78, 5) is 0. The first-order chi connectivity index (χ1) is 27.0. The second kappa shape index (κ2) is 14.7. The standard InChI is InChI=1S/C36H46B22/c37-3-1-2-4(38)6-5(3)9(17(39)18(40)10(6)16-25(47)33(55)36(58)34(56)26(16)48)7-11-13(21(43)29(51)27(49)19(11)41)8(14-12(7)20(42)28(50)30(52)22(14)44)15-23(45)31(53)35(57)32(54)24(15)46/h1-2H,37-58H2. The molecule has 7 aromatic rings. The summed E-state index contributed by atoms with van der Waals surface area (Å²) in [6, 6.07) is 4.76. The Morgan fingerprint density at radius 2 is 0.328 bits per heavy atom. The second-order valence-electron chi connectivity index (χ2n) is 18.7. The van der Waals surface area contributed by atoms with Crippen LogP contribution in [-0.2, 0) is 0 Å². The Morgan fingerprint density at radius 1 is 0.155 bits per heavy atom. The molecule has 0 unspecified atom stereocenters. The minimum Gasteiger partial charge on any atom is -0.102 e. The van der Waals surface area contributed by atoms with E-state index in [1.54, 1.807) is 0 Å². The van der Waals surface area contributed by atoms with Crippen LogP contribution in [0.4, 0.5) is 0 Å². The van der Waals surface area contributed by atoms with E-state index in [4.69, 9.17) is 0 Å². The van der Waals surface area contributed by atoms with E-state index < -0.39 is 0 Å². The van der Waals surface area contributed by atoms with Gasteiger partial charge in [0.25, 0.3) is 0 Å². The van der Waals surface area contributed by atoms with Crippen LogP contribution in [0.2, 0.25) is 0 Å². The number of fused-ring (bicyclic) bond motifs is 3. The van der Waals surface area contributed by atoms with Crippen LogP contribution in [0.3, 0.4) is 0 Å². The van der Waals surface area contributed by atoms with Gasteiger partial charge in [0.05, 0.1) is 0 Å². The molecule has 0 atom stereocenters. The molecule has 0 N–H and O–H groups in total. The third-order valence-corrected chi connectivity index (χ3v) is 16.6. The largest absolute Gasteiger partial charge is 0.140 e. The zero-order valence-corrected chi connectivity index (χ0v) is 40.2. The summed E-state index contributed by atoms with van der Waals surface area (Å²) < 4.78 is 0. The molecular weight excluding hydrogens is 670 g/mol. The van der Waals surface area contributed by atoms with Gasteiger partial charge in [0.2, 0.25) is 0 Å². The van der Waals surface area contributed by atoms with Gasteiger partial charge in [-0.2, -0.15) is 0 Å². The van der Waals surface area contributed by atoms with Gasteiger partial charge in [-0.3, -0.25) is 0 Å². The molecule has 7 aromatic carbocycles. The summed E-state index contributed by atoms with van der Waals surface area (Å²) in [7, 11) is 52.1. The van der Waals surface area contributed by atoms with Gasteiger partial charge < -0.3 is 0 Å². The number of hydrogen-bond donors (Lipinski definition) is 0. The van der Waals surface area contributed by atoms with Crippen LogP contribution >= 0.6 is 0 Å². The van der Waals surface area contributed by atoms with Crippen LogP contribution in [0.25, 0.3) is 65.7 Å². The van der Waals surface area contributed by atoms with Crippen LogP contribution in [-0.4, -0.2) is 173 Å². The van der Waals surface area contributed by atoms with E-state index in [0.29, 0.717) is 0 Å². The average Bonchev–Trinajstić information content (AvgIpc) is 3.19. The molecule has 0 aliphatic heterocycles. The summed E-state index contributed by atoms with van der Waals surface area (Å²) in [5.41, 5.74) is 39.3. The van der Waals surface area contributed by atoms with Crippen molar-refractivity contribution in [3.8, 4) is 33.4 Å². The van der Waals surface area contributed by atoms with Crippen LogP contribution in [0.5, 0.6) is 0 Å². The molecule has 0 bridgehead atoms. The van der Waals surface area contributed by atoms with Crippen molar-refractivity contribution in [1.29, 1.82) is 0 Å². The molecule has 0 aliphatic rings. The highest BCUT2D eigenvalue weighted by Gasteiger charge is 2.30. The van der Waals surface area contributed by atoms with Crippen molar-refractivity contribution in [1.82, 2.24) is 0 Å². The van der Waals surface area contributed by atoms with Crippen molar-refractivity contribution in [2.75, 3.05) is 0 Å². The maximum atomic E-state index is 2.44. The molecule has 256 valence electrons. The van der Waals surface area contributed by atoms with Gasteiger partial charge in [-0.05, 0) is 65.7 Å². The van der Waals surface area contributed by atoms with Crippen molar-refractivity contribution in [3.05, 3.63) is 12.1 Å². The van der Waals surface area contributed by atoms with E-state index in [-0.39, 0.29) is 0 Å². The lowest BCUT2D eigenvalue weighted by Gasteiger charge is -2.32. The van der Waals surface area contributed by atoms with Crippen molar-refractivity contribution in [2.24, 2.45) is 0 Å². The lowest BCUT2D eigenvalue weighted by atomic mass is 9.55. The number of hydrogen-bond acceptors (Lipinski definition) is 0. The Balaban J connectivity index is 1.92. The Kier molecular flexibility index (Phi) is 10.9. The van der Waals surface area contributed by atoms with Gasteiger partial charge in [-0.1, -0.05) is 77.7 Å². The normalized spacial score (nSPS) is 11.6. The maximum Gasteiger partial charge on any atom is 0.140 e. The van der Waals surface area contributed by atoms with Crippen molar-refractivity contribution < 1.29 is 0 Å². The fourth-order valence-corrected chi connectivity index (χ4v) is 11.2. The molecular formula is C36H46B22. The van der Waals surface area contributed by atoms with Crippen LogP contribution < -0.4 is 120 Å². The summed E-state index contributed by atoms with van der Waals surface area (Å²) >= 11 is 0. The first-order valence-electron chi connectivity index (χ1n) is 21.7. The SMILES string of the molecule is Bc1c(B)c(B)c(-c2c(B)c(B)c(-c3c4c(B)c(B)c(B)c(B)c4c(-c4c(B)c(B)c(B)c(B)c4B)c4c(B)c(B)c(B)c(B)c34)c3c(B)ccc(B)c23)c(B)c1B. The minimum atomic E-state index is 1.34. The molecule has 0 radical (unpaired) electrons.